The zero-order valence-corrected chi connectivity index (χ0v) is 11.8. The highest BCUT2D eigenvalue weighted by molar-refractivity contribution is 5.97. The summed E-state index contributed by atoms with van der Waals surface area (Å²) in [5.41, 5.74) is 1.37. The van der Waals surface area contributed by atoms with Gasteiger partial charge in [-0.25, -0.2) is 0 Å². The van der Waals surface area contributed by atoms with Crippen LogP contribution in [0, 0.1) is 0 Å². The Balaban J connectivity index is 1.88. The van der Waals surface area contributed by atoms with Gasteiger partial charge in [0, 0.05) is 10.9 Å². The van der Waals surface area contributed by atoms with E-state index >= 15 is 0 Å². The molecule has 0 atom stereocenters. The third-order valence-electron chi connectivity index (χ3n) is 3.24. The lowest BCUT2D eigenvalue weighted by atomic mass is 10.2. The second-order valence-corrected chi connectivity index (χ2v) is 4.60. The van der Waals surface area contributed by atoms with Crippen molar-refractivity contribution in [3.8, 4) is 11.6 Å². The molecule has 1 heterocycles. The second-order valence-electron chi connectivity index (χ2n) is 4.60. The van der Waals surface area contributed by atoms with Crippen molar-refractivity contribution in [3.63, 3.8) is 0 Å². The van der Waals surface area contributed by atoms with Gasteiger partial charge in [0.1, 0.15) is 5.75 Å². The highest BCUT2D eigenvalue weighted by Crippen LogP contribution is 2.35. The summed E-state index contributed by atoms with van der Waals surface area (Å²) in [6.45, 7) is 0. The number of aromatic amines is 1. The quantitative estimate of drug-likeness (QED) is 0.720. The van der Waals surface area contributed by atoms with Gasteiger partial charge in [0.05, 0.1) is 12.6 Å². The van der Waals surface area contributed by atoms with Gasteiger partial charge in [0.25, 0.3) is 5.91 Å². The van der Waals surface area contributed by atoms with Gasteiger partial charge in [-0.15, -0.1) is 10.2 Å². The van der Waals surface area contributed by atoms with Gasteiger partial charge in [0.15, 0.2) is 5.69 Å². The zero-order valence-electron chi connectivity index (χ0n) is 11.8. The van der Waals surface area contributed by atoms with Crippen LogP contribution in [-0.2, 0) is 0 Å². The van der Waals surface area contributed by atoms with E-state index in [1.54, 1.807) is 43.5 Å². The summed E-state index contributed by atoms with van der Waals surface area (Å²) in [6, 6.07) is 13.8. The van der Waals surface area contributed by atoms with Crippen molar-refractivity contribution >= 4 is 22.5 Å². The first-order valence-corrected chi connectivity index (χ1v) is 6.59. The van der Waals surface area contributed by atoms with Crippen LogP contribution in [-0.4, -0.2) is 23.1 Å². The maximum Gasteiger partial charge on any atom is 0.295 e. The smallest absolute Gasteiger partial charge is 0.295 e. The molecule has 0 unspecified atom stereocenters. The fourth-order valence-electron chi connectivity index (χ4n) is 2.10. The summed E-state index contributed by atoms with van der Waals surface area (Å²) < 4.78 is 5.03. The number of amides is 1. The number of benzene rings is 2. The summed E-state index contributed by atoms with van der Waals surface area (Å²) in [6.07, 6.45) is 0. The minimum atomic E-state index is -0.493. The molecule has 0 radical (unpaired) electrons. The van der Waals surface area contributed by atoms with E-state index in [1.165, 1.54) is 0 Å². The van der Waals surface area contributed by atoms with E-state index in [0.29, 0.717) is 16.7 Å². The maximum atomic E-state index is 12.0. The molecule has 6 nitrogen and oxygen atoms in total. The number of methoxy groups -OCH3 is 1. The van der Waals surface area contributed by atoms with Crippen LogP contribution in [0.25, 0.3) is 10.9 Å². The molecule has 22 heavy (non-hydrogen) atoms. The number of ether oxygens (including phenoxy) is 1. The lowest BCUT2D eigenvalue weighted by Gasteiger charge is -1.99. The van der Waals surface area contributed by atoms with E-state index in [1.807, 2.05) is 12.1 Å². The highest BCUT2D eigenvalue weighted by Gasteiger charge is 2.11. The van der Waals surface area contributed by atoms with Gasteiger partial charge < -0.3 is 14.8 Å². The van der Waals surface area contributed by atoms with E-state index in [0.717, 1.165) is 5.52 Å². The molecular weight excluding hydrogens is 282 g/mol. The average molecular weight is 295 g/mol. The second kappa shape index (κ2) is 5.69. The van der Waals surface area contributed by atoms with E-state index < -0.39 is 5.91 Å². The number of nitrogens with one attached hydrogen (secondary N) is 1. The van der Waals surface area contributed by atoms with Crippen LogP contribution in [0.5, 0.6) is 11.6 Å². The molecule has 1 aromatic heterocycles. The normalized spacial score (nSPS) is 11.1. The van der Waals surface area contributed by atoms with E-state index in [2.05, 4.69) is 15.2 Å². The maximum absolute atomic E-state index is 12.0. The minimum Gasteiger partial charge on any atom is -0.497 e. The number of hydrogen-bond donors (Lipinski definition) is 2. The number of carbonyl (C=O) groups excluding carboxylic acids is 1. The molecule has 1 amide bonds. The molecule has 0 fully saturated rings. The van der Waals surface area contributed by atoms with Crippen molar-refractivity contribution in [2.45, 2.75) is 0 Å². The molecule has 2 N–H and O–H groups in total. The Morgan fingerprint density at radius 1 is 1.14 bits per heavy atom. The first kappa shape index (κ1) is 13.8. The van der Waals surface area contributed by atoms with Gasteiger partial charge in [-0.05, 0) is 30.3 Å². The predicted molar refractivity (Wildman–Crippen MR) is 81.8 cm³/mol. The Labute approximate surface area is 126 Å². The van der Waals surface area contributed by atoms with Crippen molar-refractivity contribution < 1.29 is 14.6 Å². The molecule has 0 aliphatic rings. The number of para-hydroxylation sites is 1. The van der Waals surface area contributed by atoms with Gasteiger partial charge >= 0.3 is 0 Å². The van der Waals surface area contributed by atoms with Crippen molar-refractivity contribution in [2.75, 3.05) is 7.11 Å². The third-order valence-corrected chi connectivity index (χ3v) is 3.24. The predicted octanol–water partition coefficient (Wildman–Crippen LogP) is 3.81. The van der Waals surface area contributed by atoms with E-state index in [-0.39, 0.29) is 11.6 Å². The summed E-state index contributed by atoms with van der Waals surface area (Å²) >= 11 is 0. The number of hydrogen-bond acceptors (Lipinski definition) is 4. The number of nitrogens with zero attached hydrogens (tertiary/aromatic N) is 2. The molecule has 2 aromatic carbocycles. The van der Waals surface area contributed by atoms with Crippen molar-refractivity contribution in [3.05, 3.63) is 54.1 Å². The number of azo groups is 1. The van der Waals surface area contributed by atoms with Crippen LogP contribution < -0.4 is 4.74 Å². The highest BCUT2D eigenvalue weighted by atomic mass is 16.5. The van der Waals surface area contributed by atoms with E-state index in [9.17, 15) is 9.90 Å². The molecular formula is C16H13N3O3. The van der Waals surface area contributed by atoms with Crippen LogP contribution in [0.3, 0.4) is 0 Å². The molecule has 3 aromatic rings. The monoisotopic (exact) mass is 295 g/mol. The first-order chi connectivity index (χ1) is 10.7. The van der Waals surface area contributed by atoms with Crippen molar-refractivity contribution in [2.24, 2.45) is 10.2 Å². The largest absolute Gasteiger partial charge is 0.497 e. The van der Waals surface area contributed by atoms with Crippen LogP contribution >= 0.6 is 0 Å². The third kappa shape index (κ3) is 2.54. The van der Waals surface area contributed by atoms with Gasteiger partial charge in [-0.3, -0.25) is 4.79 Å². The van der Waals surface area contributed by atoms with Gasteiger partial charge in [0.2, 0.25) is 5.88 Å². The number of fused-ring (bicyclic) bond motifs is 1. The lowest BCUT2D eigenvalue weighted by molar-refractivity contribution is 0.0995. The van der Waals surface area contributed by atoms with Crippen LogP contribution in [0.4, 0.5) is 5.69 Å². The Morgan fingerprint density at radius 2 is 1.86 bits per heavy atom. The molecule has 6 heteroatoms. The SMILES string of the molecule is COc1ccc(C(=O)N=Nc2c(O)[nH]c3ccccc23)cc1. The average Bonchev–Trinajstić information content (AvgIpc) is 2.88. The Kier molecular flexibility index (Phi) is 3.57. The van der Waals surface area contributed by atoms with Crippen LogP contribution in [0.15, 0.2) is 58.8 Å². The Hall–Kier alpha value is -3.15. The molecule has 0 saturated carbocycles. The molecule has 0 aliphatic heterocycles. The summed E-state index contributed by atoms with van der Waals surface area (Å²) in [7, 11) is 1.55. The number of carbonyl (C=O) groups is 1. The zero-order chi connectivity index (χ0) is 15.5. The molecule has 110 valence electrons. The number of rotatable bonds is 3. The summed E-state index contributed by atoms with van der Waals surface area (Å²) in [5.74, 6) is 0.0441. The summed E-state index contributed by atoms with van der Waals surface area (Å²) in [5, 5.41) is 18.1. The molecule has 0 aliphatic carbocycles. The van der Waals surface area contributed by atoms with Crippen molar-refractivity contribution in [1.29, 1.82) is 0 Å². The fraction of sp³-hybridized carbons (Fsp3) is 0.0625. The van der Waals surface area contributed by atoms with Crippen LogP contribution in [0.1, 0.15) is 10.4 Å². The van der Waals surface area contributed by atoms with Crippen LogP contribution in [0.2, 0.25) is 0 Å². The lowest BCUT2D eigenvalue weighted by Crippen LogP contribution is -1.93. The first-order valence-electron chi connectivity index (χ1n) is 6.59. The number of aromatic nitrogens is 1. The van der Waals surface area contributed by atoms with E-state index in [4.69, 9.17) is 4.74 Å². The number of H-pyrrole nitrogens is 1. The Bertz CT molecular complexity index is 851. The fourth-order valence-corrected chi connectivity index (χ4v) is 2.10. The van der Waals surface area contributed by atoms with Crippen molar-refractivity contribution in [1.82, 2.24) is 4.98 Å². The molecule has 0 spiro atoms. The summed E-state index contributed by atoms with van der Waals surface area (Å²) in [4.78, 5) is 14.8. The standard InChI is InChI=1S/C16H13N3O3/c1-22-11-8-6-10(7-9-11)15(20)19-18-14-12-4-2-3-5-13(12)17-16(14)21/h2-9,17,21H,1H3. The minimum absolute atomic E-state index is 0.118. The molecule has 0 saturated heterocycles. The molecule has 0 bridgehead atoms. The van der Waals surface area contributed by atoms with Gasteiger partial charge in [-0.1, -0.05) is 18.2 Å². The number of aromatic hydroxyl groups is 1. The molecule has 3 rings (SSSR count). The van der Waals surface area contributed by atoms with Gasteiger partial charge in [-0.2, -0.15) is 0 Å². The Morgan fingerprint density at radius 3 is 2.59 bits per heavy atom. The topological polar surface area (TPSA) is 87.0 Å².